The minimum Gasteiger partial charge on any atom is -0.494 e. The average molecular weight is 383 g/mol. The van der Waals surface area contributed by atoms with Gasteiger partial charge in [-0.25, -0.2) is 0 Å². The van der Waals surface area contributed by atoms with Gasteiger partial charge in [-0.15, -0.1) is 21.5 Å². The first-order chi connectivity index (χ1) is 13.2. The summed E-state index contributed by atoms with van der Waals surface area (Å²) in [5, 5.41) is 13.0. The average Bonchev–Trinajstić information content (AvgIpc) is 3.20. The van der Waals surface area contributed by atoms with Crippen molar-refractivity contribution in [2.75, 3.05) is 19.8 Å². The fourth-order valence-electron chi connectivity index (χ4n) is 2.42. The van der Waals surface area contributed by atoms with Gasteiger partial charge in [-0.1, -0.05) is 6.07 Å². The quantitative estimate of drug-likeness (QED) is 0.574. The van der Waals surface area contributed by atoms with Gasteiger partial charge in [0.1, 0.15) is 12.4 Å². The molecule has 0 bridgehead atoms. The molecular formula is C20H21N3O3S. The summed E-state index contributed by atoms with van der Waals surface area (Å²) in [7, 11) is 0. The molecule has 1 amide bonds. The standard InChI is InChI=1S/C20H21N3O3S/c1-2-25-16-7-5-15(6-8-16)18-9-10-20(23-22-18)26-12-11-21-19(24)14-17-4-3-13-27-17/h3-10,13H,2,11-12,14H2,1H3,(H,21,24). The number of aromatic nitrogens is 2. The van der Waals surface area contributed by atoms with Crippen molar-refractivity contribution in [3.8, 4) is 22.9 Å². The number of ether oxygens (including phenoxy) is 2. The Bertz CT molecular complexity index is 834. The number of amides is 1. The topological polar surface area (TPSA) is 73.3 Å². The Kier molecular flexibility index (Phi) is 6.76. The van der Waals surface area contributed by atoms with Crippen molar-refractivity contribution in [2.24, 2.45) is 0 Å². The zero-order chi connectivity index (χ0) is 18.9. The van der Waals surface area contributed by atoms with E-state index in [1.807, 2.05) is 54.8 Å². The van der Waals surface area contributed by atoms with Crippen LogP contribution in [0.25, 0.3) is 11.3 Å². The summed E-state index contributed by atoms with van der Waals surface area (Å²) in [6.07, 6.45) is 0.397. The molecular weight excluding hydrogens is 362 g/mol. The molecule has 1 N–H and O–H groups in total. The van der Waals surface area contributed by atoms with Gasteiger partial charge in [-0.2, -0.15) is 0 Å². The zero-order valence-corrected chi connectivity index (χ0v) is 15.9. The van der Waals surface area contributed by atoms with E-state index in [2.05, 4.69) is 15.5 Å². The van der Waals surface area contributed by atoms with E-state index in [0.717, 1.165) is 21.9 Å². The first-order valence-corrected chi connectivity index (χ1v) is 9.61. The third kappa shape index (κ3) is 5.79. The minimum absolute atomic E-state index is 0.0158. The molecule has 3 rings (SSSR count). The lowest BCUT2D eigenvalue weighted by Crippen LogP contribution is -2.29. The van der Waals surface area contributed by atoms with Crippen molar-refractivity contribution in [3.63, 3.8) is 0 Å². The lowest BCUT2D eigenvalue weighted by Gasteiger charge is -2.07. The van der Waals surface area contributed by atoms with Gasteiger partial charge >= 0.3 is 0 Å². The van der Waals surface area contributed by atoms with Crippen LogP contribution in [-0.4, -0.2) is 35.9 Å². The van der Waals surface area contributed by atoms with Gasteiger partial charge in [-0.3, -0.25) is 4.79 Å². The lowest BCUT2D eigenvalue weighted by molar-refractivity contribution is -0.120. The molecule has 7 heteroatoms. The monoisotopic (exact) mass is 383 g/mol. The second-order valence-corrected chi connectivity index (χ2v) is 6.70. The molecule has 0 saturated carbocycles. The van der Waals surface area contributed by atoms with E-state index < -0.39 is 0 Å². The smallest absolute Gasteiger partial charge is 0.233 e. The van der Waals surface area contributed by atoms with E-state index in [9.17, 15) is 4.79 Å². The van der Waals surface area contributed by atoms with E-state index in [1.165, 1.54) is 0 Å². The molecule has 0 fully saturated rings. The zero-order valence-electron chi connectivity index (χ0n) is 15.1. The van der Waals surface area contributed by atoms with Gasteiger partial charge in [0, 0.05) is 16.5 Å². The third-order valence-corrected chi connectivity index (χ3v) is 4.57. The molecule has 0 radical (unpaired) electrons. The van der Waals surface area contributed by atoms with Crippen LogP contribution in [0.1, 0.15) is 11.8 Å². The molecule has 0 aliphatic carbocycles. The number of thiophene rings is 1. The summed E-state index contributed by atoms with van der Waals surface area (Å²) in [4.78, 5) is 12.8. The van der Waals surface area contributed by atoms with Gasteiger partial charge in [0.2, 0.25) is 11.8 Å². The van der Waals surface area contributed by atoms with Crippen molar-refractivity contribution < 1.29 is 14.3 Å². The van der Waals surface area contributed by atoms with E-state index in [1.54, 1.807) is 17.4 Å². The van der Waals surface area contributed by atoms with Crippen LogP contribution in [0.4, 0.5) is 0 Å². The summed E-state index contributed by atoms with van der Waals surface area (Å²) in [5.74, 6) is 1.24. The molecule has 0 atom stereocenters. The van der Waals surface area contributed by atoms with Crippen molar-refractivity contribution in [1.82, 2.24) is 15.5 Å². The number of carbonyl (C=O) groups is 1. The Morgan fingerprint density at radius 1 is 1.07 bits per heavy atom. The van der Waals surface area contributed by atoms with Crippen LogP contribution in [0.2, 0.25) is 0 Å². The molecule has 140 valence electrons. The number of nitrogens with zero attached hydrogens (tertiary/aromatic N) is 2. The van der Waals surface area contributed by atoms with Crippen LogP contribution in [0, 0.1) is 0 Å². The SMILES string of the molecule is CCOc1ccc(-c2ccc(OCCNC(=O)Cc3cccs3)nn2)cc1. The van der Waals surface area contributed by atoms with Gasteiger partial charge in [0.05, 0.1) is 25.3 Å². The Morgan fingerprint density at radius 3 is 2.59 bits per heavy atom. The van der Waals surface area contributed by atoms with Crippen LogP contribution >= 0.6 is 11.3 Å². The number of hydrogen-bond donors (Lipinski definition) is 1. The van der Waals surface area contributed by atoms with Crippen molar-refractivity contribution >= 4 is 17.2 Å². The second kappa shape index (κ2) is 9.68. The van der Waals surface area contributed by atoms with Crippen LogP contribution in [0.5, 0.6) is 11.6 Å². The highest BCUT2D eigenvalue weighted by Crippen LogP contribution is 2.21. The fourth-order valence-corrected chi connectivity index (χ4v) is 3.12. The van der Waals surface area contributed by atoms with Crippen molar-refractivity contribution in [1.29, 1.82) is 0 Å². The molecule has 0 aliphatic rings. The van der Waals surface area contributed by atoms with Gasteiger partial charge in [0.25, 0.3) is 0 Å². The summed E-state index contributed by atoms with van der Waals surface area (Å²) in [5.41, 5.74) is 1.72. The van der Waals surface area contributed by atoms with Crippen molar-refractivity contribution in [2.45, 2.75) is 13.3 Å². The summed E-state index contributed by atoms with van der Waals surface area (Å²) < 4.78 is 11.0. The van der Waals surface area contributed by atoms with Crippen LogP contribution in [0.3, 0.4) is 0 Å². The van der Waals surface area contributed by atoms with Crippen LogP contribution < -0.4 is 14.8 Å². The molecule has 0 unspecified atom stereocenters. The molecule has 2 heterocycles. The summed E-state index contributed by atoms with van der Waals surface area (Å²) in [6, 6.07) is 15.2. The number of nitrogens with one attached hydrogen (secondary N) is 1. The number of carbonyl (C=O) groups excluding carboxylic acids is 1. The Hall–Kier alpha value is -2.93. The van der Waals surface area contributed by atoms with Crippen molar-refractivity contribution in [3.05, 3.63) is 58.8 Å². The first kappa shape index (κ1) is 18.8. The fraction of sp³-hybridized carbons (Fsp3) is 0.250. The number of rotatable bonds is 9. The van der Waals surface area contributed by atoms with Gasteiger partial charge < -0.3 is 14.8 Å². The predicted molar refractivity (Wildman–Crippen MR) is 105 cm³/mol. The Morgan fingerprint density at radius 2 is 1.93 bits per heavy atom. The highest BCUT2D eigenvalue weighted by atomic mass is 32.1. The minimum atomic E-state index is -0.0158. The van der Waals surface area contributed by atoms with E-state index >= 15 is 0 Å². The molecule has 3 aromatic rings. The molecule has 0 saturated heterocycles. The van der Waals surface area contributed by atoms with Gasteiger partial charge in [-0.05, 0) is 48.7 Å². The van der Waals surface area contributed by atoms with E-state index in [4.69, 9.17) is 9.47 Å². The predicted octanol–water partition coefficient (Wildman–Crippen LogP) is 3.34. The molecule has 0 spiro atoms. The van der Waals surface area contributed by atoms with E-state index in [-0.39, 0.29) is 5.91 Å². The normalized spacial score (nSPS) is 10.4. The second-order valence-electron chi connectivity index (χ2n) is 5.67. The highest BCUT2D eigenvalue weighted by Gasteiger charge is 2.05. The number of hydrogen-bond acceptors (Lipinski definition) is 6. The maximum atomic E-state index is 11.8. The Labute approximate surface area is 162 Å². The Balaban J connectivity index is 1.43. The molecule has 6 nitrogen and oxygen atoms in total. The lowest BCUT2D eigenvalue weighted by atomic mass is 10.1. The third-order valence-electron chi connectivity index (χ3n) is 3.69. The van der Waals surface area contributed by atoms with Crippen LogP contribution in [-0.2, 0) is 11.2 Å². The van der Waals surface area contributed by atoms with Gasteiger partial charge in [0.15, 0.2) is 0 Å². The summed E-state index contributed by atoms with van der Waals surface area (Å²) >= 11 is 1.57. The molecule has 0 aliphatic heterocycles. The first-order valence-electron chi connectivity index (χ1n) is 8.73. The molecule has 1 aromatic carbocycles. The largest absolute Gasteiger partial charge is 0.494 e. The molecule has 2 aromatic heterocycles. The van der Waals surface area contributed by atoms with Crippen LogP contribution in [0.15, 0.2) is 53.9 Å². The highest BCUT2D eigenvalue weighted by molar-refractivity contribution is 7.10. The van der Waals surface area contributed by atoms with E-state index in [0.29, 0.717) is 32.1 Å². The number of benzene rings is 1. The maximum absolute atomic E-state index is 11.8. The summed E-state index contributed by atoms with van der Waals surface area (Å²) in [6.45, 7) is 3.35. The molecule has 27 heavy (non-hydrogen) atoms. The maximum Gasteiger partial charge on any atom is 0.233 e.